The van der Waals surface area contributed by atoms with Crippen molar-refractivity contribution in [2.45, 2.75) is 51.7 Å². The minimum absolute atomic E-state index is 0.230. The highest BCUT2D eigenvalue weighted by Crippen LogP contribution is 2.27. The lowest BCUT2D eigenvalue weighted by Gasteiger charge is -2.33. The molecule has 116 valence electrons. The highest BCUT2D eigenvalue weighted by molar-refractivity contribution is 5.68. The zero-order valence-corrected chi connectivity index (χ0v) is 13.0. The molecule has 6 nitrogen and oxygen atoms in total. The fourth-order valence-corrected chi connectivity index (χ4v) is 2.42. The van der Waals surface area contributed by atoms with E-state index in [1.54, 1.807) is 11.1 Å². The second-order valence-corrected chi connectivity index (χ2v) is 6.34. The number of carbonyl (C=O) groups is 1. The van der Waals surface area contributed by atoms with Crippen molar-refractivity contribution < 1.29 is 9.53 Å². The largest absolute Gasteiger partial charge is 0.444 e. The smallest absolute Gasteiger partial charge is 0.410 e. The third-order valence-electron chi connectivity index (χ3n) is 3.47. The molecule has 1 aromatic rings. The Morgan fingerprint density at radius 3 is 2.67 bits per heavy atom. The fraction of sp³-hybridized carbons (Fsp3) is 0.667. The second-order valence-electron chi connectivity index (χ2n) is 6.34. The Hall–Kier alpha value is -1.69. The molecule has 21 heavy (non-hydrogen) atoms. The number of rotatable bonds is 2. The number of ether oxygens (including phenoxy) is 1. The lowest BCUT2D eigenvalue weighted by atomic mass is 9.93. The van der Waals surface area contributed by atoms with Crippen molar-refractivity contribution in [2.24, 2.45) is 5.73 Å². The highest BCUT2D eigenvalue weighted by atomic mass is 16.6. The Balaban J connectivity index is 1.92. The van der Waals surface area contributed by atoms with E-state index in [4.69, 9.17) is 10.5 Å². The van der Waals surface area contributed by atoms with Gasteiger partial charge in [0.2, 0.25) is 0 Å². The summed E-state index contributed by atoms with van der Waals surface area (Å²) in [5.41, 5.74) is 6.15. The van der Waals surface area contributed by atoms with Crippen molar-refractivity contribution in [3.05, 3.63) is 23.8 Å². The van der Waals surface area contributed by atoms with Crippen LogP contribution in [0.5, 0.6) is 0 Å². The summed E-state index contributed by atoms with van der Waals surface area (Å²) in [7, 11) is 0. The van der Waals surface area contributed by atoms with Crippen LogP contribution in [0.4, 0.5) is 4.79 Å². The maximum absolute atomic E-state index is 12.0. The number of nitrogens with zero attached hydrogens (tertiary/aromatic N) is 3. The first-order valence-electron chi connectivity index (χ1n) is 7.39. The number of aromatic nitrogens is 2. The van der Waals surface area contributed by atoms with E-state index in [9.17, 15) is 4.79 Å². The van der Waals surface area contributed by atoms with Gasteiger partial charge in [-0.2, -0.15) is 0 Å². The third-order valence-corrected chi connectivity index (χ3v) is 3.47. The highest BCUT2D eigenvalue weighted by Gasteiger charge is 2.28. The van der Waals surface area contributed by atoms with Gasteiger partial charge in [-0.05, 0) is 39.7 Å². The zero-order valence-electron chi connectivity index (χ0n) is 13.0. The zero-order chi connectivity index (χ0) is 15.5. The van der Waals surface area contributed by atoms with Gasteiger partial charge in [-0.15, -0.1) is 0 Å². The van der Waals surface area contributed by atoms with Gasteiger partial charge in [-0.3, -0.25) is 0 Å². The molecule has 0 aromatic carbocycles. The van der Waals surface area contributed by atoms with Crippen LogP contribution >= 0.6 is 0 Å². The number of likely N-dealkylation sites (tertiary alicyclic amines) is 1. The Labute approximate surface area is 125 Å². The van der Waals surface area contributed by atoms with E-state index in [0.29, 0.717) is 31.4 Å². The van der Waals surface area contributed by atoms with Crippen molar-refractivity contribution in [3.63, 3.8) is 0 Å². The molecule has 0 spiro atoms. The van der Waals surface area contributed by atoms with Gasteiger partial charge >= 0.3 is 6.09 Å². The van der Waals surface area contributed by atoms with Crippen LogP contribution in [0.3, 0.4) is 0 Å². The van der Waals surface area contributed by atoms with Crippen molar-refractivity contribution in [3.8, 4) is 0 Å². The van der Waals surface area contributed by atoms with Crippen molar-refractivity contribution >= 4 is 6.09 Å². The van der Waals surface area contributed by atoms with Crippen LogP contribution in [0.2, 0.25) is 0 Å². The standard InChI is InChI=1S/C15H24N4O2/c1-15(2,3)21-14(20)19-8-5-11(6-9-19)12-4-7-17-13(10-16)18-12/h4,7,11H,5-6,8-10,16H2,1-3H3. The van der Waals surface area contributed by atoms with Crippen LogP contribution in [0, 0.1) is 0 Å². The molecule has 0 aliphatic carbocycles. The summed E-state index contributed by atoms with van der Waals surface area (Å²) >= 11 is 0. The molecular formula is C15H24N4O2. The average Bonchev–Trinajstić information content (AvgIpc) is 2.46. The Morgan fingerprint density at radius 2 is 2.10 bits per heavy atom. The monoisotopic (exact) mass is 292 g/mol. The molecule has 1 saturated heterocycles. The van der Waals surface area contributed by atoms with Crippen LogP contribution in [-0.4, -0.2) is 39.7 Å². The first-order valence-corrected chi connectivity index (χ1v) is 7.39. The van der Waals surface area contributed by atoms with E-state index in [1.807, 2.05) is 26.8 Å². The van der Waals surface area contributed by atoms with Crippen molar-refractivity contribution in [1.82, 2.24) is 14.9 Å². The van der Waals surface area contributed by atoms with Gasteiger partial charge in [0.1, 0.15) is 11.4 Å². The average molecular weight is 292 g/mol. The lowest BCUT2D eigenvalue weighted by molar-refractivity contribution is 0.0204. The summed E-state index contributed by atoms with van der Waals surface area (Å²) in [6.45, 7) is 7.39. The Kier molecular flexibility index (Phi) is 4.77. The van der Waals surface area contributed by atoms with E-state index < -0.39 is 5.60 Å². The van der Waals surface area contributed by atoms with Gasteiger partial charge in [0.15, 0.2) is 0 Å². The Morgan fingerprint density at radius 1 is 1.43 bits per heavy atom. The maximum Gasteiger partial charge on any atom is 0.410 e. The second kappa shape index (κ2) is 6.39. The normalized spacial score (nSPS) is 16.9. The molecule has 2 heterocycles. The van der Waals surface area contributed by atoms with Crippen molar-refractivity contribution in [2.75, 3.05) is 13.1 Å². The van der Waals surface area contributed by atoms with E-state index in [1.165, 1.54) is 0 Å². The molecule has 1 fully saturated rings. The molecule has 1 aliphatic heterocycles. The van der Waals surface area contributed by atoms with E-state index in [-0.39, 0.29) is 6.09 Å². The van der Waals surface area contributed by atoms with E-state index in [0.717, 1.165) is 18.5 Å². The Bertz CT molecular complexity index is 491. The molecular weight excluding hydrogens is 268 g/mol. The van der Waals surface area contributed by atoms with Gasteiger partial charge < -0.3 is 15.4 Å². The molecule has 0 atom stereocenters. The first kappa shape index (κ1) is 15.7. The molecule has 1 aliphatic rings. The lowest BCUT2D eigenvalue weighted by Crippen LogP contribution is -2.41. The SMILES string of the molecule is CC(C)(C)OC(=O)N1CCC(c2ccnc(CN)n2)CC1. The minimum Gasteiger partial charge on any atom is -0.444 e. The molecule has 1 amide bonds. The first-order chi connectivity index (χ1) is 9.89. The van der Waals surface area contributed by atoms with Crippen LogP contribution in [-0.2, 0) is 11.3 Å². The van der Waals surface area contributed by atoms with Gasteiger partial charge in [0.25, 0.3) is 0 Å². The fourth-order valence-electron chi connectivity index (χ4n) is 2.42. The van der Waals surface area contributed by atoms with Crippen molar-refractivity contribution in [1.29, 1.82) is 0 Å². The number of hydrogen-bond acceptors (Lipinski definition) is 5. The molecule has 0 unspecified atom stereocenters. The number of carbonyl (C=O) groups excluding carboxylic acids is 1. The summed E-state index contributed by atoms with van der Waals surface area (Å²) in [6.07, 6.45) is 3.30. The van der Waals surface area contributed by atoms with Gasteiger partial charge in [-0.25, -0.2) is 14.8 Å². The summed E-state index contributed by atoms with van der Waals surface area (Å²) in [6, 6.07) is 1.94. The van der Waals surface area contributed by atoms with Gasteiger partial charge in [0.05, 0.1) is 6.54 Å². The molecule has 0 radical (unpaired) electrons. The molecule has 2 rings (SSSR count). The third kappa shape index (κ3) is 4.39. The predicted octanol–water partition coefficient (Wildman–Crippen LogP) is 2.05. The number of piperidine rings is 1. The molecule has 1 aromatic heterocycles. The molecule has 2 N–H and O–H groups in total. The number of hydrogen-bond donors (Lipinski definition) is 1. The molecule has 0 bridgehead atoms. The topological polar surface area (TPSA) is 81.3 Å². The summed E-state index contributed by atoms with van der Waals surface area (Å²) < 4.78 is 5.40. The number of nitrogens with two attached hydrogens (primary N) is 1. The summed E-state index contributed by atoms with van der Waals surface area (Å²) in [5, 5.41) is 0. The van der Waals surface area contributed by atoms with Gasteiger partial charge in [0, 0.05) is 30.9 Å². The number of amides is 1. The van der Waals surface area contributed by atoms with E-state index in [2.05, 4.69) is 9.97 Å². The molecule has 6 heteroatoms. The predicted molar refractivity (Wildman–Crippen MR) is 79.7 cm³/mol. The van der Waals surface area contributed by atoms with Gasteiger partial charge in [-0.1, -0.05) is 0 Å². The van der Waals surface area contributed by atoms with E-state index >= 15 is 0 Å². The molecule has 0 saturated carbocycles. The quantitative estimate of drug-likeness (QED) is 0.902. The minimum atomic E-state index is -0.448. The van der Waals surface area contributed by atoms with Crippen LogP contribution in [0.15, 0.2) is 12.3 Å². The van der Waals surface area contributed by atoms with Crippen LogP contribution < -0.4 is 5.73 Å². The van der Waals surface area contributed by atoms with Crippen LogP contribution in [0.1, 0.15) is 51.0 Å². The maximum atomic E-state index is 12.0. The van der Waals surface area contributed by atoms with Crippen LogP contribution in [0.25, 0.3) is 0 Å². The summed E-state index contributed by atoms with van der Waals surface area (Å²) in [5.74, 6) is 1.03. The summed E-state index contributed by atoms with van der Waals surface area (Å²) in [4.78, 5) is 22.4.